The Morgan fingerprint density at radius 3 is 2.29 bits per heavy atom. The van der Waals surface area contributed by atoms with Gasteiger partial charge in [0, 0.05) is 17.6 Å². The lowest BCUT2D eigenvalue weighted by atomic mass is 10.1. The van der Waals surface area contributed by atoms with E-state index in [0.717, 1.165) is 23.3 Å². The van der Waals surface area contributed by atoms with Crippen LogP contribution in [0.4, 0.5) is 10.1 Å². The van der Waals surface area contributed by atoms with Crippen LogP contribution >= 0.6 is 15.9 Å². The second-order valence-electron chi connectivity index (χ2n) is 4.85. The number of nitrogens with zero attached hydrogens (tertiary/aromatic N) is 1. The Balaban J connectivity index is 2.02. The van der Waals surface area contributed by atoms with Crippen molar-refractivity contribution in [3.05, 3.63) is 57.8 Å². The smallest absolute Gasteiger partial charge is 0.244 e. The zero-order chi connectivity index (χ0) is 15.2. The molecule has 1 heterocycles. The second kappa shape index (κ2) is 5.08. The first kappa shape index (κ1) is 14.5. The molecule has 21 heavy (non-hydrogen) atoms. The highest BCUT2D eigenvalue weighted by Gasteiger charge is 2.32. The van der Waals surface area contributed by atoms with Crippen molar-refractivity contribution >= 4 is 31.6 Å². The van der Waals surface area contributed by atoms with E-state index in [9.17, 15) is 12.8 Å². The molecule has 0 fully saturated rings. The first-order valence-electron chi connectivity index (χ1n) is 6.21. The average Bonchev–Trinajstić information content (AvgIpc) is 2.87. The highest BCUT2D eigenvalue weighted by molar-refractivity contribution is 9.10. The van der Waals surface area contributed by atoms with Gasteiger partial charge in [0.2, 0.25) is 10.0 Å². The molecule has 0 aliphatic carbocycles. The number of rotatable bonds is 2. The Kier molecular flexibility index (Phi) is 3.51. The van der Waals surface area contributed by atoms with Gasteiger partial charge in [-0.15, -0.1) is 0 Å². The van der Waals surface area contributed by atoms with Crippen molar-refractivity contribution in [2.45, 2.75) is 18.0 Å². The molecule has 1 aliphatic rings. The van der Waals surface area contributed by atoms with Crippen molar-refractivity contribution in [3.8, 4) is 0 Å². The lowest BCUT2D eigenvalue weighted by molar-refractivity contribution is 0.431. The van der Waals surface area contributed by atoms with Gasteiger partial charge in [0.05, 0.1) is 10.6 Å². The summed E-state index contributed by atoms with van der Waals surface area (Å²) in [4.78, 5) is -0.0193. The monoisotopic (exact) mass is 370 g/mol. The van der Waals surface area contributed by atoms with Crippen LogP contribution in [0.2, 0.25) is 0 Å². The Bertz CT molecular complexity index is 799. The first-order chi connectivity index (χ1) is 9.89. The van der Waals surface area contributed by atoms with Crippen LogP contribution in [0.15, 0.2) is 45.8 Å². The average molecular weight is 371 g/mol. The maximum Gasteiger partial charge on any atom is 0.244 e. The number of hydrogen-bond donors (Lipinski definition) is 1. The Labute approximate surface area is 130 Å². The van der Waals surface area contributed by atoms with Gasteiger partial charge in [-0.1, -0.05) is 24.3 Å². The van der Waals surface area contributed by atoms with E-state index in [1.165, 1.54) is 4.31 Å². The molecule has 0 bridgehead atoms. The highest BCUT2D eigenvalue weighted by Crippen LogP contribution is 2.33. The first-order valence-corrected chi connectivity index (χ1v) is 8.44. The maximum atomic E-state index is 13.4. The molecule has 2 aromatic rings. The fourth-order valence-corrected chi connectivity index (χ4v) is 4.76. The largest absolute Gasteiger partial charge is 0.396 e. The van der Waals surface area contributed by atoms with E-state index in [4.69, 9.17) is 5.73 Å². The molecule has 0 saturated carbocycles. The molecule has 0 unspecified atom stereocenters. The predicted octanol–water partition coefficient (Wildman–Crippen LogP) is 2.87. The lowest BCUT2D eigenvalue weighted by Gasteiger charge is -2.17. The molecule has 0 saturated heterocycles. The predicted molar refractivity (Wildman–Crippen MR) is 81.4 cm³/mol. The molecular formula is C14H12BrFN2O2S. The van der Waals surface area contributed by atoms with Crippen LogP contribution < -0.4 is 5.73 Å². The molecule has 0 spiro atoms. The molecule has 2 N–H and O–H groups in total. The molecule has 2 aromatic carbocycles. The molecule has 1 aliphatic heterocycles. The van der Waals surface area contributed by atoms with Crippen LogP contribution in [0.1, 0.15) is 11.1 Å². The third kappa shape index (κ3) is 2.45. The fraction of sp³-hybridized carbons (Fsp3) is 0.143. The van der Waals surface area contributed by atoms with Gasteiger partial charge < -0.3 is 5.73 Å². The van der Waals surface area contributed by atoms with Gasteiger partial charge >= 0.3 is 0 Å². The number of benzene rings is 2. The Hall–Kier alpha value is -1.44. The van der Waals surface area contributed by atoms with Gasteiger partial charge in [-0.25, -0.2) is 12.8 Å². The van der Waals surface area contributed by atoms with Gasteiger partial charge in [0.1, 0.15) is 5.82 Å². The van der Waals surface area contributed by atoms with E-state index in [1.807, 2.05) is 24.3 Å². The minimum Gasteiger partial charge on any atom is -0.396 e. The summed E-state index contributed by atoms with van der Waals surface area (Å²) < 4.78 is 40.3. The minimum absolute atomic E-state index is 0.0193. The SMILES string of the molecule is Nc1cc(S(=O)(=O)N2Cc3ccccc3C2)c(Br)cc1F. The summed E-state index contributed by atoms with van der Waals surface area (Å²) in [5, 5.41) is 0. The number of nitrogen functional groups attached to an aromatic ring is 1. The summed E-state index contributed by atoms with van der Waals surface area (Å²) >= 11 is 3.10. The molecule has 0 atom stereocenters. The van der Waals surface area contributed by atoms with Crippen molar-refractivity contribution in [1.82, 2.24) is 4.31 Å². The molecular weight excluding hydrogens is 359 g/mol. The van der Waals surface area contributed by atoms with Crippen molar-refractivity contribution < 1.29 is 12.8 Å². The van der Waals surface area contributed by atoms with Crippen LogP contribution in [-0.4, -0.2) is 12.7 Å². The number of halogens is 2. The van der Waals surface area contributed by atoms with Crippen molar-refractivity contribution in [2.24, 2.45) is 0 Å². The van der Waals surface area contributed by atoms with Crippen molar-refractivity contribution in [2.75, 3.05) is 5.73 Å². The Morgan fingerprint density at radius 1 is 1.14 bits per heavy atom. The molecule has 3 rings (SSSR count). The van der Waals surface area contributed by atoms with Gasteiger partial charge in [0.25, 0.3) is 0 Å². The number of hydrogen-bond acceptors (Lipinski definition) is 3. The maximum absolute atomic E-state index is 13.4. The standard InChI is InChI=1S/C14H12BrFN2O2S/c15-11-5-12(16)13(17)6-14(11)21(19,20)18-7-9-3-1-2-4-10(9)8-18/h1-6H,7-8,17H2. The topological polar surface area (TPSA) is 63.4 Å². The molecule has 0 aromatic heterocycles. The summed E-state index contributed by atoms with van der Waals surface area (Å²) in [6.07, 6.45) is 0. The fourth-order valence-electron chi connectivity index (χ4n) is 2.35. The van der Waals surface area contributed by atoms with E-state index < -0.39 is 15.8 Å². The normalized spacial score (nSPS) is 15.1. The number of sulfonamides is 1. The molecule has 7 heteroatoms. The molecule has 4 nitrogen and oxygen atoms in total. The van der Waals surface area contributed by atoms with E-state index in [0.29, 0.717) is 13.1 Å². The van der Waals surface area contributed by atoms with E-state index in [-0.39, 0.29) is 15.1 Å². The van der Waals surface area contributed by atoms with E-state index in [1.54, 1.807) is 0 Å². The second-order valence-corrected chi connectivity index (χ2v) is 7.61. The summed E-state index contributed by atoms with van der Waals surface area (Å²) in [5.74, 6) is -0.648. The molecule has 110 valence electrons. The van der Waals surface area contributed by atoms with Crippen molar-refractivity contribution in [1.29, 1.82) is 0 Å². The van der Waals surface area contributed by atoms with Gasteiger partial charge in [-0.3, -0.25) is 0 Å². The zero-order valence-electron chi connectivity index (χ0n) is 10.9. The number of nitrogens with two attached hydrogens (primary N) is 1. The summed E-state index contributed by atoms with van der Waals surface area (Å²) in [6, 6.07) is 9.78. The van der Waals surface area contributed by atoms with Gasteiger partial charge in [0.15, 0.2) is 0 Å². The van der Waals surface area contributed by atoms with Crippen LogP contribution in [-0.2, 0) is 23.1 Å². The summed E-state index contributed by atoms with van der Waals surface area (Å²) in [6.45, 7) is 0.616. The van der Waals surface area contributed by atoms with Crippen molar-refractivity contribution in [3.63, 3.8) is 0 Å². The Morgan fingerprint density at radius 2 is 1.71 bits per heavy atom. The quantitative estimate of drug-likeness (QED) is 0.826. The third-order valence-electron chi connectivity index (χ3n) is 3.48. The van der Waals surface area contributed by atoms with E-state index >= 15 is 0 Å². The summed E-state index contributed by atoms with van der Waals surface area (Å²) in [7, 11) is -3.74. The van der Waals surface area contributed by atoms with E-state index in [2.05, 4.69) is 15.9 Å². The minimum atomic E-state index is -3.74. The van der Waals surface area contributed by atoms with Gasteiger partial charge in [-0.2, -0.15) is 4.31 Å². The summed E-state index contributed by atoms with van der Waals surface area (Å²) in [5.41, 5.74) is 7.26. The van der Waals surface area contributed by atoms with Crippen LogP contribution in [0, 0.1) is 5.82 Å². The van der Waals surface area contributed by atoms with Crippen LogP contribution in [0.3, 0.4) is 0 Å². The lowest BCUT2D eigenvalue weighted by Crippen LogP contribution is -2.26. The van der Waals surface area contributed by atoms with Crippen LogP contribution in [0.25, 0.3) is 0 Å². The van der Waals surface area contributed by atoms with Crippen LogP contribution in [0.5, 0.6) is 0 Å². The molecule has 0 radical (unpaired) electrons. The highest BCUT2D eigenvalue weighted by atomic mass is 79.9. The number of fused-ring (bicyclic) bond motifs is 1. The zero-order valence-corrected chi connectivity index (χ0v) is 13.3. The molecule has 0 amide bonds. The van der Waals surface area contributed by atoms with Gasteiger partial charge in [-0.05, 0) is 39.2 Å². The number of anilines is 1. The third-order valence-corrected chi connectivity index (χ3v) is 6.23.